The number of imidazole rings is 1. The lowest BCUT2D eigenvalue weighted by molar-refractivity contribution is -0.117. The number of rotatable bonds is 6. The van der Waals surface area contributed by atoms with E-state index >= 15 is 0 Å². The van der Waals surface area contributed by atoms with Crippen LogP contribution in [0.5, 0.6) is 5.88 Å². The first-order valence-electron chi connectivity index (χ1n) is 13.8. The van der Waals surface area contributed by atoms with Crippen LogP contribution >= 0.6 is 0 Å². The summed E-state index contributed by atoms with van der Waals surface area (Å²) in [6, 6.07) is 26.3. The molecule has 2 aliphatic heterocycles. The summed E-state index contributed by atoms with van der Waals surface area (Å²) in [4.78, 5) is 39.0. The highest BCUT2D eigenvalue weighted by atomic mass is 19.1. The van der Waals surface area contributed by atoms with Crippen molar-refractivity contribution >= 4 is 28.9 Å². The summed E-state index contributed by atoms with van der Waals surface area (Å²) in [7, 11) is 2.00. The zero-order valence-electron chi connectivity index (χ0n) is 23.1. The standard InChI is InChI=1S/C32H26FN7O3/c1-39-17-21(18-39)43-25-16-15-24-34-27(20-11-6-3-7-12-20)29(40(24)38-25)31(41)37-30-32(42)36-28-22(13-8-14-23(28)33)26(35-30)19-9-4-2-5-10-19/h2-16,21,30H,17-18H2,1H3,(H,36,42)(H,37,41)/t30-/m1/s1. The number of halogens is 1. The quantitative estimate of drug-likeness (QED) is 0.319. The van der Waals surface area contributed by atoms with Crippen LogP contribution in [0.4, 0.5) is 10.1 Å². The Morgan fingerprint density at radius 1 is 0.953 bits per heavy atom. The van der Waals surface area contributed by atoms with Gasteiger partial charge in [0.05, 0.1) is 11.4 Å². The summed E-state index contributed by atoms with van der Waals surface area (Å²) < 4.78 is 22.4. The van der Waals surface area contributed by atoms with Crippen molar-refractivity contribution in [2.24, 2.45) is 4.99 Å². The molecule has 5 aromatic rings. The molecule has 2 N–H and O–H groups in total. The molecule has 0 radical (unpaired) electrons. The number of nitrogens with zero attached hydrogens (tertiary/aromatic N) is 5. The van der Waals surface area contributed by atoms with Crippen LogP contribution in [0.25, 0.3) is 16.9 Å². The molecule has 0 saturated carbocycles. The minimum Gasteiger partial charge on any atom is -0.471 e. The number of carbonyl (C=O) groups is 2. The summed E-state index contributed by atoms with van der Waals surface area (Å²) in [6.45, 7) is 1.54. The van der Waals surface area contributed by atoms with Crippen LogP contribution in [0.15, 0.2) is 96.0 Å². The van der Waals surface area contributed by atoms with Crippen molar-refractivity contribution < 1.29 is 18.7 Å². The van der Waals surface area contributed by atoms with E-state index in [2.05, 4.69) is 25.6 Å². The number of ether oxygens (including phenoxy) is 1. The number of hydrogen-bond donors (Lipinski definition) is 2. The van der Waals surface area contributed by atoms with Gasteiger partial charge in [0.25, 0.3) is 11.8 Å². The molecule has 0 aliphatic carbocycles. The Balaban J connectivity index is 1.30. The lowest BCUT2D eigenvalue weighted by Crippen LogP contribution is -2.51. The number of carbonyl (C=O) groups excluding carboxylic acids is 2. The van der Waals surface area contributed by atoms with Crippen LogP contribution < -0.4 is 15.4 Å². The van der Waals surface area contributed by atoms with E-state index in [-0.39, 0.29) is 17.5 Å². The molecule has 2 aromatic heterocycles. The molecule has 2 aliphatic rings. The van der Waals surface area contributed by atoms with E-state index in [1.54, 1.807) is 24.3 Å². The van der Waals surface area contributed by atoms with Gasteiger partial charge in [0, 0.05) is 35.8 Å². The highest BCUT2D eigenvalue weighted by Gasteiger charge is 2.32. The number of para-hydroxylation sites is 1. The van der Waals surface area contributed by atoms with Crippen molar-refractivity contribution in [2.45, 2.75) is 12.3 Å². The van der Waals surface area contributed by atoms with Gasteiger partial charge in [-0.05, 0) is 19.2 Å². The Morgan fingerprint density at radius 3 is 2.40 bits per heavy atom. The van der Waals surface area contributed by atoms with Gasteiger partial charge in [-0.1, -0.05) is 72.8 Å². The fourth-order valence-electron chi connectivity index (χ4n) is 5.28. The first-order valence-corrected chi connectivity index (χ1v) is 13.8. The SMILES string of the molecule is CN1CC(Oc2ccc3nc(-c4ccccc4)c(C(=O)N[C@H]4N=C(c5ccccc5)c5cccc(F)c5NC4=O)n3n2)C1. The van der Waals surface area contributed by atoms with Crippen LogP contribution in [-0.2, 0) is 4.79 Å². The van der Waals surface area contributed by atoms with E-state index in [0.29, 0.717) is 39.6 Å². The summed E-state index contributed by atoms with van der Waals surface area (Å²) in [6.07, 6.45) is -1.39. The van der Waals surface area contributed by atoms with Gasteiger partial charge in [-0.15, -0.1) is 5.10 Å². The zero-order chi connectivity index (χ0) is 29.5. The number of amides is 2. The van der Waals surface area contributed by atoms with Crippen LogP contribution in [-0.4, -0.2) is 69.4 Å². The highest BCUT2D eigenvalue weighted by molar-refractivity contribution is 6.20. The van der Waals surface area contributed by atoms with E-state index in [4.69, 9.17) is 9.72 Å². The van der Waals surface area contributed by atoms with E-state index in [9.17, 15) is 14.0 Å². The maximum atomic E-state index is 14.9. The normalized spacial score (nSPS) is 16.9. The molecule has 3 aromatic carbocycles. The van der Waals surface area contributed by atoms with Crippen molar-refractivity contribution in [2.75, 3.05) is 25.5 Å². The minimum atomic E-state index is -1.38. The molecular formula is C32H26FN7O3. The number of aliphatic imine (C=N–C) groups is 1. The molecule has 4 heterocycles. The molecule has 0 bridgehead atoms. The predicted molar refractivity (Wildman–Crippen MR) is 159 cm³/mol. The molecule has 10 nitrogen and oxygen atoms in total. The van der Waals surface area contributed by atoms with Gasteiger partial charge in [0.2, 0.25) is 12.0 Å². The summed E-state index contributed by atoms with van der Waals surface area (Å²) >= 11 is 0. The third-order valence-electron chi connectivity index (χ3n) is 7.37. The Hall–Kier alpha value is -5.42. The summed E-state index contributed by atoms with van der Waals surface area (Å²) in [5.41, 5.74) is 3.02. The first-order chi connectivity index (χ1) is 20.9. The van der Waals surface area contributed by atoms with Gasteiger partial charge < -0.3 is 15.4 Å². The van der Waals surface area contributed by atoms with E-state index in [1.165, 1.54) is 10.6 Å². The third kappa shape index (κ3) is 4.99. The van der Waals surface area contributed by atoms with Gasteiger partial charge in [-0.3, -0.25) is 14.5 Å². The van der Waals surface area contributed by atoms with Crippen LogP contribution in [0.1, 0.15) is 21.6 Å². The molecule has 43 heavy (non-hydrogen) atoms. The number of hydrogen-bond acceptors (Lipinski definition) is 7. The molecule has 0 spiro atoms. The number of aromatic nitrogens is 3. The van der Waals surface area contributed by atoms with E-state index < -0.39 is 23.8 Å². The molecule has 214 valence electrons. The van der Waals surface area contributed by atoms with Crippen molar-refractivity contribution in [1.29, 1.82) is 0 Å². The van der Waals surface area contributed by atoms with Gasteiger partial charge >= 0.3 is 0 Å². The Bertz CT molecular complexity index is 1890. The molecule has 2 amide bonds. The predicted octanol–water partition coefficient (Wildman–Crippen LogP) is 3.77. The molecule has 1 fully saturated rings. The molecule has 7 rings (SSSR count). The highest BCUT2D eigenvalue weighted by Crippen LogP contribution is 2.28. The van der Waals surface area contributed by atoms with Gasteiger partial charge in [-0.2, -0.15) is 0 Å². The number of likely N-dealkylation sites (N-methyl/N-ethyl adjacent to an activating group) is 1. The minimum absolute atomic E-state index is 0.00303. The van der Waals surface area contributed by atoms with Crippen molar-refractivity contribution in [3.8, 4) is 17.1 Å². The summed E-state index contributed by atoms with van der Waals surface area (Å²) in [5, 5.41) is 9.96. The zero-order valence-corrected chi connectivity index (χ0v) is 23.1. The Morgan fingerprint density at radius 2 is 1.67 bits per heavy atom. The lowest BCUT2D eigenvalue weighted by atomic mass is 10.0. The molecule has 1 saturated heterocycles. The molecule has 11 heteroatoms. The molecular weight excluding hydrogens is 549 g/mol. The number of benzodiazepines with no additional fused rings is 1. The second kappa shape index (κ2) is 10.8. The van der Waals surface area contributed by atoms with Crippen LogP contribution in [0, 0.1) is 5.82 Å². The fourth-order valence-corrected chi connectivity index (χ4v) is 5.28. The smallest absolute Gasteiger partial charge is 0.274 e. The molecule has 0 unspecified atom stereocenters. The first kappa shape index (κ1) is 26.5. The van der Waals surface area contributed by atoms with Gasteiger partial charge in [-0.25, -0.2) is 18.9 Å². The third-order valence-corrected chi connectivity index (χ3v) is 7.37. The van der Waals surface area contributed by atoms with E-state index in [0.717, 1.165) is 13.1 Å². The monoisotopic (exact) mass is 575 g/mol. The van der Waals surface area contributed by atoms with E-state index in [1.807, 2.05) is 67.7 Å². The number of fused-ring (bicyclic) bond motifs is 2. The Kier molecular flexibility index (Phi) is 6.63. The van der Waals surface area contributed by atoms with Crippen molar-refractivity contribution in [1.82, 2.24) is 24.8 Å². The maximum absolute atomic E-state index is 14.9. The Labute approximate surface area is 245 Å². The van der Waals surface area contributed by atoms with Crippen molar-refractivity contribution in [3.63, 3.8) is 0 Å². The number of anilines is 1. The maximum Gasteiger partial charge on any atom is 0.274 e. The number of benzene rings is 3. The number of likely N-dealkylation sites (tertiary alicyclic amines) is 1. The lowest BCUT2D eigenvalue weighted by Gasteiger charge is -2.35. The van der Waals surface area contributed by atoms with Gasteiger partial charge in [0.1, 0.15) is 17.6 Å². The second-order valence-electron chi connectivity index (χ2n) is 10.4. The fraction of sp³-hybridized carbons (Fsp3) is 0.156. The van der Waals surface area contributed by atoms with Crippen LogP contribution in [0.3, 0.4) is 0 Å². The average molecular weight is 576 g/mol. The molecule has 1 atom stereocenters. The largest absolute Gasteiger partial charge is 0.471 e. The van der Waals surface area contributed by atoms with Crippen LogP contribution in [0.2, 0.25) is 0 Å². The van der Waals surface area contributed by atoms with Crippen molar-refractivity contribution in [3.05, 3.63) is 114 Å². The average Bonchev–Trinajstić information content (AvgIpc) is 3.32. The number of nitrogens with one attached hydrogen (secondary N) is 2. The topological polar surface area (TPSA) is 113 Å². The van der Waals surface area contributed by atoms with Gasteiger partial charge in [0.15, 0.2) is 11.3 Å². The second-order valence-corrected chi connectivity index (χ2v) is 10.4. The summed E-state index contributed by atoms with van der Waals surface area (Å²) in [5.74, 6) is -1.59.